The quantitative estimate of drug-likeness (QED) is 0.877. The fraction of sp³-hybridized carbons (Fsp3) is 0.333. The smallest absolute Gasteiger partial charge is 0.231 e. The average molecular weight is 376 g/mol. The highest BCUT2D eigenvalue weighted by molar-refractivity contribution is 9.10. The van der Waals surface area contributed by atoms with Crippen LogP contribution in [-0.4, -0.2) is 29.9 Å². The topological polar surface area (TPSA) is 41.9 Å². The lowest BCUT2D eigenvalue weighted by Gasteiger charge is -2.29. The Balaban J connectivity index is 1.80. The first-order valence-electron chi connectivity index (χ1n) is 7.84. The van der Waals surface area contributed by atoms with Gasteiger partial charge in [0.25, 0.3) is 0 Å². The fourth-order valence-corrected chi connectivity index (χ4v) is 3.66. The highest BCUT2D eigenvalue weighted by Crippen LogP contribution is 2.43. The molecule has 0 saturated carbocycles. The summed E-state index contributed by atoms with van der Waals surface area (Å²) in [5.41, 5.74) is 2.04. The van der Waals surface area contributed by atoms with E-state index in [1.54, 1.807) is 6.07 Å². The number of halogens is 1. The summed E-state index contributed by atoms with van der Waals surface area (Å²) in [6.07, 6.45) is 2.39. The maximum atomic E-state index is 10.5. The number of aromatic hydroxyl groups is 1. The molecule has 0 radical (unpaired) electrons. The molecule has 1 atom stereocenters. The third-order valence-electron chi connectivity index (χ3n) is 4.51. The third-order valence-corrected chi connectivity index (χ3v) is 5.04. The van der Waals surface area contributed by atoms with Crippen molar-refractivity contribution in [1.82, 2.24) is 4.90 Å². The summed E-state index contributed by atoms with van der Waals surface area (Å²) in [6, 6.07) is 11.9. The Morgan fingerprint density at radius 2 is 1.65 bits per heavy atom. The predicted octanol–water partition coefficient (Wildman–Crippen LogP) is 4.07. The molecular weight excluding hydrogens is 358 g/mol. The van der Waals surface area contributed by atoms with E-state index in [4.69, 9.17) is 9.47 Å². The SMILES string of the molecule is Oc1cc2c(cc1[C@@H](c1ccc(Br)cc1)N1CCCC1)OCO2. The van der Waals surface area contributed by atoms with E-state index in [-0.39, 0.29) is 18.6 Å². The summed E-state index contributed by atoms with van der Waals surface area (Å²) >= 11 is 3.49. The van der Waals surface area contributed by atoms with Crippen molar-refractivity contribution >= 4 is 15.9 Å². The summed E-state index contributed by atoms with van der Waals surface area (Å²) < 4.78 is 11.9. The molecule has 1 N–H and O–H groups in total. The normalized spacial score (nSPS) is 18.3. The Kier molecular flexibility index (Phi) is 3.91. The molecule has 0 aromatic heterocycles. The zero-order chi connectivity index (χ0) is 15.8. The lowest BCUT2D eigenvalue weighted by Crippen LogP contribution is -2.26. The van der Waals surface area contributed by atoms with Crippen molar-refractivity contribution < 1.29 is 14.6 Å². The standard InChI is InChI=1S/C18H18BrNO3/c19-13-5-3-12(4-6-13)18(20-7-1-2-8-20)14-9-16-17(10-15(14)21)23-11-22-16/h3-6,9-10,18,21H,1-2,7-8,11H2/t18-/m1/s1. The van der Waals surface area contributed by atoms with Crippen LogP contribution in [0.4, 0.5) is 0 Å². The second-order valence-electron chi connectivity index (χ2n) is 5.96. The van der Waals surface area contributed by atoms with Crippen LogP contribution in [0.5, 0.6) is 17.2 Å². The van der Waals surface area contributed by atoms with Gasteiger partial charge in [-0.2, -0.15) is 0 Å². The number of rotatable bonds is 3. The van der Waals surface area contributed by atoms with Crippen LogP contribution in [0, 0.1) is 0 Å². The van der Waals surface area contributed by atoms with E-state index < -0.39 is 0 Å². The molecule has 120 valence electrons. The van der Waals surface area contributed by atoms with E-state index in [2.05, 4.69) is 33.0 Å². The number of benzene rings is 2. The molecule has 2 aliphatic rings. The van der Waals surface area contributed by atoms with Crippen molar-refractivity contribution in [1.29, 1.82) is 0 Å². The highest BCUT2D eigenvalue weighted by Gasteiger charge is 2.29. The Hall–Kier alpha value is -1.72. The molecule has 23 heavy (non-hydrogen) atoms. The van der Waals surface area contributed by atoms with Gasteiger partial charge in [0.2, 0.25) is 6.79 Å². The van der Waals surface area contributed by atoms with E-state index in [1.165, 1.54) is 18.4 Å². The molecule has 1 fully saturated rings. The van der Waals surface area contributed by atoms with Gasteiger partial charge in [0.15, 0.2) is 11.5 Å². The molecule has 2 aromatic carbocycles. The molecule has 2 aromatic rings. The molecule has 0 unspecified atom stereocenters. The van der Waals surface area contributed by atoms with Gasteiger partial charge in [0.05, 0.1) is 6.04 Å². The Morgan fingerprint density at radius 1 is 1.00 bits per heavy atom. The van der Waals surface area contributed by atoms with Gasteiger partial charge >= 0.3 is 0 Å². The summed E-state index contributed by atoms with van der Waals surface area (Å²) in [6.45, 7) is 2.29. The highest BCUT2D eigenvalue weighted by atomic mass is 79.9. The minimum Gasteiger partial charge on any atom is -0.507 e. The largest absolute Gasteiger partial charge is 0.507 e. The predicted molar refractivity (Wildman–Crippen MR) is 91.0 cm³/mol. The van der Waals surface area contributed by atoms with Gasteiger partial charge in [0, 0.05) is 16.1 Å². The van der Waals surface area contributed by atoms with Crippen LogP contribution in [0.1, 0.15) is 30.0 Å². The van der Waals surface area contributed by atoms with Crippen LogP contribution in [-0.2, 0) is 0 Å². The minimum atomic E-state index is 0.0279. The Bertz CT molecular complexity index is 711. The summed E-state index contributed by atoms with van der Waals surface area (Å²) in [5, 5.41) is 10.5. The van der Waals surface area contributed by atoms with Crippen LogP contribution >= 0.6 is 15.9 Å². The van der Waals surface area contributed by atoms with Crippen molar-refractivity contribution in [3.05, 3.63) is 52.0 Å². The van der Waals surface area contributed by atoms with E-state index in [0.717, 1.165) is 23.1 Å². The third kappa shape index (κ3) is 2.79. The maximum absolute atomic E-state index is 10.5. The van der Waals surface area contributed by atoms with Gasteiger partial charge in [0.1, 0.15) is 5.75 Å². The van der Waals surface area contributed by atoms with Crippen LogP contribution in [0.2, 0.25) is 0 Å². The molecule has 1 saturated heterocycles. The average Bonchev–Trinajstić information content (AvgIpc) is 3.21. The number of hydrogen-bond acceptors (Lipinski definition) is 4. The van der Waals surface area contributed by atoms with Crippen LogP contribution in [0.25, 0.3) is 0 Å². The van der Waals surface area contributed by atoms with Crippen molar-refractivity contribution in [3.8, 4) is 17.2 Å². The van der Waals surface area contributed by atoms with Crippen molar-refractivity contribution in [2.24, 2.45) is 0 Å². The number of ether oxygens (including phenoxy) is 2. The first-order chi connectivity index (χ1) is 11.2. The molecular formula is C18H18BrNO3. The lowest BCUT2D eigenvalue weighted by molar-refractivity contribution is 0.173. The zero-order valence-electron chi connectivity index (χ0n) is 12.7. The van der Waals surface area contributed by atoms with Gasteiger partial charge < -0.3 is 14.6 Å². The first kappa shape index (κ1) is 14.8. The molecule has 0 spiro atoms. The lowest BCUT2D eigenvalue weighted by atomic mass is 9.96. The summed E-state index contributed by atoms with van der Waals surface area (Å²) in [7, 11) is 0. The van der Waals surface area contributed by atoms with E-state index in [1.807, 2.05) is 18.2 Å². The molecule has 2 heterocycles. The fourth-order valence-electron chi connectivity index (χ4n) is 3.40. The van der Waals surface area contributed by atoms with Crippen LogP contribution in [0.15, 0.2) is 40.9 Å². The van der Waals surface area contributed by atoms with Crippen molar-refractivity contribution in [2.75, 3.05) is 19.9 Å². The number of nitrogens with zero attached hydrogens (tertiary/aromatic N) is 1. The second kappa shape index (κ2) is 6.06. The Labute approximate surface area is 143 Å². The number of phenols is 1. The van der Waals surface area contributed by atoms with Gasteiger partial charge in [-0.3, -0.25) is 4.90 Å². The molecule has 4 rings (SSSR count). The van der Waals surface area contributed by atoms with E-state index in [0.29, 0.717) is 11.5 Å². The van der Waals surface area contributed by atoms with Crippen LogP contribution < -0.4 is 9.47 Å². The number of fused-ring (bicyclic) bond motifs is 1. The molecule has 2 aliphatic heterocycles. The molecule has 0 amide bonds. The first-order valence-corrected chi connectivity index (χ1v) is 8.64. The Morgan fingerprint density at radius 3 is 2.35 bits per heavy atom. The number of phenolic OH excluding ortho intramolecular Hbond substituents is 1. The molecule has 4 nitrogen and oxygen atoms in total. The van der Waals surface area contributed by atoms with Gasteiger partial charge in [-0.1, -0.05) is 28.1 Å². The molecule has 0 aliphatic carbocycles. The monoisotopic (exact) mass is 375 g/mol. The number of hydrogen-bond donors (Lipinski definition) is 1. The van der Waals surface area contributed by atoms with Gasteiger partial charge in [-0.25, -0.2) is 0 Å². The minimum absolute atomic E-state index is 0.0279. The molecule has 5 heteroatoms. The summed E-state index contributed by atoms with van der Waals surface area (Å²) in [4.78, 5) is 2.42. The molecule has 0 bridgehead atoms. The van der Waals surface area contributed by atoms with E-state index in [9.17, 15) is 5.11 Å². The van der Waals surface area contributed by atoms with E-state index >= 15 is 0 Å². The number of likely N-dealkylation sites (tertiary alicyclic amines) is 1. The van der Waals surface area contributed by atoms with Crippen molar-refractivity contribution in [2.45, 2.75) is 18.9 Å². The van der Waals surface area contributed by atoms with Gasteiger partial charge in [-0.05, 0) is 49.7 Å². The maximum Gasteiger partial charge on any atom is 0.231 e. The zero-order valence-corrected chi connectivity index (χ0v) is 14.3. The van der Waals surface area contributed by atoms with Gasteiger partial charge in [-0.15, -0.1) is 0 Å². The van der Waals surface area contributed by atoms with Crippen molar-refractivity contribution in [3.63, 3.8) is 0 Å². The summed E-state index contributed by atoms with van der Waals surface area (Å²) in [5.74, 6) is 1.58. The second-order valence-corrected chi connectivity index (χ2v) is 6.88. The van der Waals surface area contributed by atoms with Crippen LogP contribution in [0.3, 0.4) is 0 Å².